The van der Waals surface area contributed by atoms with E-state index in [2.05, 4.69) is 15.3 Å². The molecule has 2 heterocycles. The first-order valence-electron chi connectivity index (χ1n) is 7.26. The minimum atomic E-state index is -0.455. The van der Waals surface area contributed by atoms with Crippen molar-refractivity contribution >= 4 is 68.5 Å². The number of nitrogens with one attached hydrogen (secondary N) is 1. The molecule has 0 aliphatic rings. The summed E-state index contributed by atoms with van der Waals surface area (Å²) in [4.78, 5) is 19.5. The summed E-state index contributed by atoms with van der Waals surface area (Å²) in [6.07, 6.45) is 3.03. The van der Waals surface area contributed by atoms with Crippen LogP contribution in [0.25, 0.3) is 16.6 Å². The van der Waals surface area contributed by atoms with E-state index in [4.69, 9.17) is 34.8 Å². The van der Waals surface area contributed by atoms with Crippen molar-refractivity contribution in [1.82, 2.24) is 14.4 Å². The van der Waals surface area contributed by atoms with Crippen LogP contribution in [0.15, 0.2) is 42.9 Å². The van der Waals surface area contributed by atoms with Gasteiger partial charge in [-0.2, -0.15) is 0 Å². The molecule has 10 heteroatoms. The van der Waals surface area contributed by atoms with Crippen molar-refractivity contribution in [3.63, 3.8) is 0 Å². The maximum Gasteiger partial charge on any atom is 0.295 e. The Hall–Kier alpha value is -2.61. The van der Waals surface area contributed by atoms with E-state index in [1.165, 1.54) is 12.4 Å². The Morgan fingerprint density at radius 2 is 1.88 bits per heavy atom. The molecule has 0 radical (unpaired) electrons. The Morgan fingerprint density at radius 3 is 2.58 bits per heavy atom. The van der Waals surface area contributed by atoms with Crippen LogP contribution in [0.3, 0.4) is 0 Å². The second kappa shape index (κ2) is 6.28. The van der Waals surface area contributed by atoms with E-state index in [0.29, 0.717) is 43.1 Å². The topological polar surface area (TPSA) is 85.4 Å². The van der Waals surface area contributed by atoms with Crippen LogP contribution >= 0.6 is 34.8 Å². The quantitative estimate of drug-likeness (QED) is 0.357. The lowest BCUT2D eigenvalue weighted by Crippen LogP contribution is -2.02. The molecule has 0 aliphatic heterocycles. The SMILES string of the molecule is O=[N+]([O-])c1cccc2nc(Nc3c(Cl)cc(Cl)cc3Cl)c3cncn3c12. The molecule has 130 valence electrons. The number of rotatable bonds is 3. The van der Waals surface area contributed by atoms with Gasteiger partial charge in [-0.1, -0.05) is 40.9 Å². The number of para-hydroxylation sites is 1. The molecule has 0 bridgehead atoms. The van der Waals surface area contributed by atoms with Gasteiger partial charge in [-0.25, -0.2) is 9.97 Å². The van der Waals surface area contributed by atoms with Gasteiger partial charge in [-0.3, -0.25) is 14.5 Å². The Morgan fingerprint density at radius 1 is 1.15 bits per heavy atom. The third-order valence-corrected chi connectivity index (χ3v) is 4.61. The zero-order valence-corrected chi connectivity index (χ0v) is 15.0. The van der Waals surface area contributed by atoms with Gasteiger partial charge in [-0.15, -0.1) is 0 Å². The van der Waals surface area contributed by atoms with Gasteiger partial charge in [0.25, 0.3) is 5.69 Å². The van der Waals surface area contributed by atoms with Crippen molar-refractivity contribution < 1.29 is 4.92 Å². The highest BCUT2D eigenvalue weighted by molar-refractivity contribution is 6.41. The highest BCUT2D eigenvalue weighted by atomic mass is 35.5. The summed E-state index contributed by atoms with van der Waals surface area (Å²) in [5.74, 6) is 0.404. The van der Waals surface area contributed by atoms with Gasteiger partial charge >= 0.3 is 0 Å². The fourth-order valence-electron chi connectivity index (χ4n) is 2.70. The molecule has 1 N–H and O–H groups in total. The summed E-state index contributed by atoms with van der Waals surface area (Å²) < 4.78 is 1.60. The Bertz CT molecular complexity index is 1170. The fourth-order valence-corrected chi connectivity index (χ4v) is 3.61. The molecule has 0 atom stereocenters. The minimum Gasteiger partial charge on any atom is -0.336 e. The van der Waals surface area contributed by atoms with Gasteiger partial charge in [0, 0.05) is 11.1 Å². The molecule has 0 amide bonds. The number of nitrogens with zero attached hydrogens (tertiary/aromatic N) is 4. The van der Waals surface area contributed by atoms with E-state index in [1.54, 1.807) is 34.9 Å². The second-order valence-corrected chi connectivity index (χ2v) is 6.63. The highest BCUT2D eigenvalue weighted by Crippen LogP contribution is 2.37. The zero-order chi connectivity index (χ0) is 18.4. The van der Waals surface area contributed by atoms with Crippen LogP contribution in [0.5, 0.6) is 0 Å². The molecule has 0 aliphatic carbocycles. The number of aromatic nitrogens is 3. The molecule has 2 aromatic carbocycles. The smallest absolute Gasteiger partial charge is 0.295 e. The molecule has 0 saturated carbocycles. The van der Waals surface area contributed by atoms with E-state index < -0.39 is 4.92 Å². The average molecular weight is 409 g/mol. The predicted molar refractivity (Wildman–Crippen MR) is 102 cm³/mol. The zero-order valence-electron chi connectivity index (χ0n) is 12.8. The summed E-state index contributed by atoms with van der Waals surface area (Å²) in [7, 11) is 0. The first-order chi connectivity index (χ1) is 12.5. The average Bonchev–Trinajstić information content (AvgIpc) is 3.07. The maximum absolute atomic E-state index is 11.4. The molecule has 2 aromatic heterocycles. The Kier molecular flexibility index (Phi) is 4.07. The number of nitro benzene ring substituents is 1. The minimum absolute atomic E-state index is 0.0629. The van der Waals surface area contributed by atoms with E-state index in [-0.39, 0.29) is 5.69 Å². The van der Waals surface area contributed by atoms with Gasteiger partial charge in [0.05, 0.1) is 32.4 Å². The molecule has 0 spiro atoms. The third-order valence-electron chi connectivity index (χ3n) is 3.79. The molecule has 0 saturated heterocycles. The number of nitro groups is 1. The van der Waals surface area contributed by atoms with Crippen LogP contribution in [0.4, 0.5) is 17.2 Å². The molecule has 4 aromatic rings. The fraction of sp³-hybridized carbons (Fsp3) is 0. The van der Waals surface area contributed by atoms with E-state index in [1.807, 2.05) is 0 Å². The summed E-state index contributed by atoms with van der Waals surface area (Å²) in [5.41, 5.74) is 1.68. The summed E-state index contributed by atoms with van der Waals surface area (Å²) in [6.45, 7) is 0. The summed E-state index contributed by atoms with van der Waals surface area (Å²) in [6, 6.07) is 7.78. The summed E-state index contributed by atoms with van der Waals surface area (Å²) in [5, 5.41) is 15.5. The first kappa shape index (κ1) is 16.8. The monoisotopic (exact) mass is 407 g/mol. The largest absolute Gasteiger partial charge is 0.336 e. The number of fused-ring (bicyclic) bond motifs is 3. The van der Waals surface area contributed by atoms with E-state index in [0.717, 1.165) is 0 Å². The van der Waals surface area contributed by atoms with Crippen molar-refractivity contribution in [2.24, 2.45) is 0 Å². The van der Waals surface area contributed by atoms with Gasteiger partial charge in [0.15, 0.2) is 11.3 Å². The molecule has 4 rings (SSSR count). The number of benzene rings is 2. The number of non-ortho nitro benzene ring substituents is 1. The van der Waals surface area contributed by atoms with Gasteiger partial charge < -0.3 is 5.32 Å². The van der Waals surface area contributed by atoms with E-state index >= 15 is 0 Å². The van der Waals surface area contributed by atoms with Crippen molar-refractivity contribution in [2.75, 3.05) is 5.32 Å². The van der Waals surface area contributed by atoms with Crippen molar-refractivity contribution in [3.05, 3.63) is 68.0 Å². The van der Waals surface area contributed by atoms with Gasteiger partial charge in [0.1, 0.15) is 11.8 Å². The van der Waals surface area contributed by atoms with Crippen LogP contribution in [0.2, 0.25) is 15.1 Å². The van der Waals surface area contributed by atoms with Crippen LogP contribution < -0.4 is 5.32 Å². The van der Waals surface area contributed by atoms with Gasteiger partial charge in [0.2, 0.25) is 0 Å². The normalized spacial score (nSPS) is 11.2. The number of hydrogen-bond acceptors (Lipinski definition) is 5. The molecule has 0 fully saturated rings. The number of halogens is 3. The Labute approximate surface area is 161 Å². The molecule has 26 heavy (non-hydrogen) atoms. The Balaban J connectivity index is 1.97. The van der Waals surface area contributed by atoms with Crippen molar-refractivity contribution in [2.45, 2.75) is 0 Å². The van der Waals surface area contributed by atoms with Crippen molar-refractivity contribution in [1.29, 1.82) is 0 Å². The molecular weight excluding hydrogens is 401 g/mol. The lowest BCUT2D eigenvalue weighted by atomic mass is 10.2. The second-order valence-electron chi connectivity index (χ2n) is 5.38. The van der Waals surface area contributed by atoms with E-state index in [9.17, 15) is 10.1 Å². The lowest BCUT2D eigenvalue weighted by molar-refractivity contribution is -0.383. The summed E-state index contributed by atoms with van der Waals surface area (Å²) >= 11 is 18.4. The number of imidazole rings is 1. The molecule has 7 nitrogen and oxygen atoms in total. The number of anilines is 2. The predicted octanol–water partition coefficient (Wildman–Crippen LogP) is 5.49. The van der Waals surface area contributed by atoms with Crippen LogP contribution in [0, 0.1) is 10.1 Å². The van der Waals surface area contributed by atoms with Crippen LogP contribution in [-0.4, -0.2) is 19.3 Å². The first-order valence-corrected chi connectivity index (χ1v) is 8.40. The van der Waals surface area contributed by atoms with Crippen LogP contribution in [0.1, 0.15) is 0 Å². The van der Waals surface area contributed by atoms with Crippen LogP contribution in [-0.2, 0) is 0 Å². The highest BCUT2D eigenvalue weighted by Gasteiger charge is 2.19. The standard InChI is InChI=1S/C16H8Cl3N5O2/c17-8-4-9(18)14(10(19)5-8)22-16-13-6-20-7-23(13)15-11(21-16)2-1-3-12(15)24(25)26/h1-7H,(H,21,22). The number of hydrogen-bond donors (Lipinski definition) is 1. The van der Waals surface area contributed by atoms with Crippen molar-refractivity contribution in [3.8, 4) is 0 Å². The maximum atomic E-state index is 11.4. The molecule has 0 unspecified atom stereocenters. The van der Waals surface area contributed by atoms with Gasteiger partial charge in [-0.05, 0) is 18.2 Å². The third kappa shape index (κ3) is 2.70. The lowest BCUT2D eigenvalue weighted by Gasteiger charge is -2.13. The molecular formula is C16H8Cl3N5O2.